The maximum atomic E-state index is 11.1. The van der Waals surface area contributed by atoms with Gasteiger partial charge in [-0.3, -0.25) is 10.1 Å². The zero-order valence-corrected chi connectivity index (χ0v) is 7.99. The molecule has 1 aliphatic heterocycles. The van der Waals surface area contributed by atoms with Crippen LogP contribution in [0, 0.1) is 0 Å². The first-order chi connectivity index (χ1) is 7.15. The second kappa shape index (κ2) is 3.61. The lowest BCUT2D eigenvalue weighted by Crippen LogP contribution is -2.48. The Labute approximate surface area is 86.6 Å². The van der Waals surface area contributed by atoms with Crippen molar-refractivity contribution in [1.29, 1.82) is 0 Å². The summed E-state index contributed by atoms with van der Waals surface area (Å²) in [6.45, 7) is 0. The first-order valence-electron chi connectivity index (χ1n) is 4.61. The molecule has 1 heterocycles. The van der Waals surface area contributed by atoms with Gasteiger partial charge in [0, 0.05) is 5.69 Å². The molecule has 0 spiro atoms. The third-order valence-electron chi connectivity index (χ3n) is 2.29. The number of amides is 3. The molecule has 1 aromatic carbocycles. The fourth-order valence-corrected chi connectivity index (χ4v) is 1.54. The molecule has 0 saturated carbocycles. The molecule has 1 saturated heterocycles. The Hall–Kier alpha value is -2.04. The molecule has 0 bridgehead atoms. The Morgan fingerprint density at radius 1 is 1.20 bits per heavy atom. The summed E-state index contributed by atoms with van der Waals surface area (Å²) in [5, 5.41) is 4.85. The Morgan fingerprint density at radius 2 is 1.87 bits per heavy atom. The third kappa shape index (κ3) is 2.07. The molecular weight excluding hydrogens is 194 g/mol. The van der Waals surface area contributed by atoms with Crippen molar-refractivity contribution in [3.8, 4) is 0 Å². The number of imide groups is 1. The van der Waals surface area contributed by atoms with E-state index in [-0.39, 0.29) is 18.4 Å². The topological polar surface area (TPSA) is 84.2 Å². The summed E-state index contributed by atoms with van der Waals surface area (Å²) in [5.74, 6) is -0.263. The first kappa shape index (κ1) is 9.51. The van der Waals surface area contributed by atoms with Gasteiger partial charge < -0.3 is 11.1 Å². The number of carbonyl (C=O) groups excluding carboxylic acids is 2. The van der Waals surface area contributed by atoms with E-state index in [4.69, 9.17) is 5.73 Å². The van der Waals surface area contributed by atoms with Crippen molar-refractivity contribution < 1.29 is 9.59 Å². The molecule has 4 N–H and O–H groups in total. The molecule has 3 amide bonds. The van der Waals surface area contributed by atoms with Gasteiger partial charge in [0.05, 0.1) is 12.5 Å². The van der Waals surface area contributed by atoms with Crippen LogP contribution in [0.4, 0.5) is 10.5 Å². The lowest BCUT2D eigenvalue weighted by molar-refractivity contribution is -0.121. The predicted octanol–water partition coefficient (Wildman–Crippen LogP) is 0.539. The van der Waals surface area contributed by atoms with Crippen LogP contribution in [0.15, 0.2) is 24.3 Å². The molecule has 1 fully saturated rings. The van der Waals surface area contributed by atoms with Crippen molar-refractivity contribution in [3.63, 3.8) is 0 Å². The Kier molecular flexibility index (Phi) is 2.29. The maximum absolute atomic E-state index is 11.1. The molecule has 1 aromatic rings. The molecule has 0 radical (unpaired) electrons. The number of nitrogens with two attached hydrogens (primary N) is 1. The Balaban J connectivity index is 2.19. The summed E-state index contributed by atoms with van der Waals surface area (Å²) in [5.41, 5.74) is 7.08. The molecular formula is C10H11N3O2. The second-order valence-corrected chi connectivity index (χ2v) is 3.45. The monoisotopic (exact) mass is 205 g/mol. The van der Waals surface area contributed by atoms with Crippen molar-refractivity contribution in [1.82, 2.24) is 10.6 Å². The van der Waals surface area contributed by atoms with Gasteiger partial charge in [-0.05, 0) is 17.7 Å². The van der Waals surface area contributed by atoms with E-state index >= 15 is 0 Å². The summed E-state index contributed by atoms with van der Waals surface area (Å²) < 4.78 is 0. The van der Waals surface area contributed by atoms with Crippen LogP contribution in [-0.2, 0) is 4.79 Å². The van der Waals surface area contributed by atoms with Gasteiger partial charge in [0.15, 0.2) is 0 Å². The summed E-state index contributed by atoms with van der Waals surface area (Å²) >= 11 is 0. The number of hydrogen-bond acceptors (Lipinski definition) is 3. The molecule has 5 nitrogen and oxygen atoms in total. The molecule has 5 heteroatoms. The predicted molar refractivity (Wildman–Crippen MR) is 54.9 cm³/mol. The highest BCUT2D eigenvalue weighted by Crippen LogP contribution is 2.19. The minimum atomic E-state index is -0.451. The van der Waals surface area contributed by atoms with E-state index in [1.54, 1.807) is 24.3 Å². The molecule has 15 heavy (non-hydrogen) atoms. The van der Waals surface area contributed by atoms with Crippen molar-refractivity contribution in [3.05, 3.63) is 29.8 Å². The van der Waals surface area contributed by atoms with Gasteiger partial charge in [-0.25, -0.2) is 4.79 Å². The number of rotatable bonds is 1. The Bertz CT molecular complexity index is 384. The molecule has 0 aliphatic carbocycles. The lowest BCUT2D eigenvalue weighted by Gasteiger charge is -2.23. The van der Waals surface area contributed by atoms with Crippen LogP contribution in [0.5, 0.6) is 0 Å². The summed E-state index contributed by atoms with van der Waals surface area (Å²) in [6.07, 6.45) is 0.260. The number of urea groups is 1. The van der Waals surface area contributed by atoms with Crippen molar-refractivity contribution >= 4 is 17.6 Å². The van der Waals surface area contributed by atoms with Crippen LogP contribution < -0.4 is 16.4 Å². The molecule has 2 rings (SSSR count). The quantitative estimate of drug-likeness (QED) is 0.585. The van der Waals surface area contributed by atoms with Gasteiger partial charge in [-0.2, -0.15) is 0 Å². The first-order valence-corrected chi connectivity index (χ1v) is 4.61. The van der Waals surface area contributed by atoms with Gasteiger partial charge in [0.1, 0.15) is 0 Å². The van der Waals surface area contributed by atoms with Gasteiger partial charge in [-0.15, -0.1) is 0 Å². The third-order valence-corrected chi connectivity index (χ3v) is 2.29. The molecule has 0 aromatic heterocycles. The van der Waals surface area contributed by atoms with Crippen LogP contribution in [0.3, 0.4) is 0 Å². The molecule has 0 unspecified atom stereocenters. The zero-order valence-electron chi connectivity index (χ0n) is 7.99. The van der Waals surface area contributed by atoms with Crippen molar-refractivity contribution in [2.45, 2.75) is 12.5 Å². The minimum Gasteiger partial charge on any atom is -0.399 e. The summed E-state index contributed by atoms with van der Waals surface area (Å²) in [7, 11) is 0. The van der Waals surface area contributed by atoms with Gasteiger partial charge in [0.2, 0.25) is 5.91 Å². The smallest absolute Gasteiger partial charge is 0.321 e. The van der Waals surface area contributed by atoms with Crippen LogP contribution in [0.25, 0.3) is 0 Å². The van der Waals surface area contributed by atoms with E-state index in [1.807, 2.05) is 0 Å². The standard InChI is InChI=1S/C10H11N3O2/c11-7-3-1-6(2-4-7)8-5-9(14)13-10(15)12-8/h1-4,8H,5,11H2,(H2,12,13,14,15)/t8-/m0/s1. The lowest BCUT2D eigenvalue weighted by atomic mass is 10.0. The summed E-state index contributed by atoms with van der Waals surface area (Å²) in [6, 6.07) is 6.39. The van der Waals surface area contributed by atoms with E-state index < -0.39 is 6.03 Å². The van der Waals surface area contributed by atoms with Gasteiger partial charge >= 0.3 is 6.03 Å². The average Bonchev–Trinajstić information content (AvgIpc) is 2.17. The average molecular weight is 205 g/mol. The normalized spacial score (nSPS) is 20.7. The zero-order chi connectivity index (χ0) is 10.8. The van der Waals surface area contributed by atoms with Crippen LogP contribution in [0.1, 0.15) is 18.0 Å². The van der Waals surface area contributed by atoms with Gasteiger partial charge in [0.25, 0.3) is 0 Å². The number of hydrogen-bond donors (Lipinski definition) is 3. The fourth-order valence-electron chi connectivity index (χ4n) is 1.54. The Morgan fingerprint density at radius 3 is 2.47 bits per heavy atom. The second-order valence-electron chi connectivity index (χ2n) is 3.45. The minimum absolute atomic E-state index is 0.258. The van der Waals surface area contributed by atoms with Crippen LogP contribution >= 0.6 is 0 Å². The summed E-state index contributed by atoms with van der Waals surface area (Å²) in [4.78, 5) is 22.2. The highest BCUT2D eigenvalue weighted by Gasteiger charge is 2.24. The highest BCUT2D eigenvalue weighted by molar-refractivity contribution is 5.97. The van der Waals surface area contributed by atoms with E-state index in [2.05, 4.69) is 10.6 Å². The number of carbonyl (C=O) groups is 2. The van der Waals surface area contributed by atoms with E-state index in [9.17, 15) is 9.59 Å². The highest BCUT2D eigenvalue weighted by atomic mass is 16.2. The van der Waals surface area contributed by atoms with Gasteiger partial charge in [-0.1, -0.05) is 12.1 Å². The largest absolute Gasteiger partial charge is 0.399 e. The number of nitrogens with one attached hydrogen (secondary N) is 2. The molecule has 1 atom stereocenters. The van der Waals surface area contributed by atoms with E-state index in [0.29, 0.717) is 5.69 Å². The van der Waals surface area contributed by atoms with Crippen LogP contribution in [-0.4, -0.2) is 11.9 Å². The van der Waals surface area contributed by atoms with E-state index in [0.717, 1.165) is 5.56 Å². The van der Waals surface area contributed by atoms with Crippen molar-refractivity contribution in [2.75, 3.05) is 5.73 Å². The van der Waals surface area contributed by atoms with Crippen molar-refractivity contribution in [2.24, 2.45) is 0 Å². The fraction of sp³-hybridized carbons (Fsp3) is 0.200. The maximum Gasteiger partial charge on any atom is 0.321 e. The number of anilines is 1. The molecule has 1 aliphatic rings. The molecule has 78 valence electrons. The van der Waals surface area contributed by atoms with E-state index in [1.165, 1.54) is 0 Å². The van der Waals surface area contributed by atoms with Crippen LogP contribution in [0.2, 0.25) is 0 Å². The number of benzene rings is 1. The SMILES string of the molecule is Nc1ccc([C@@H]2CC(=O)NC(=O)N2)cc1. The number of nitrogen functional groups attached to an aromatic ring is 1.